The first-order valence-electron chi connectivity index (χ1n) is 4.27. The van der Waals surface area contributed by atoms with Gasteiger partial charge in [-0.3, -0.25) is 10.1 Å². The van der Waals surface area contributed by atoms with E-state index in [1.54, 1.807) is 19.1 Å². The molecule has 0 spiro atoms. The largest absolute Gasteiger partial charge is 0.338 e. The minimum atomic E-state index is -0.164. The summed E-state index contributed by atoms with van der Waals surface area (Å²) in [6.45, 7) is 6.14. The maximum absolute atomic E-state index is 11.2. The summed E-state index contributed by atoms with van der Waals surface area (Å²) in [5.41, 5.74) is 0.736. The first-order valence-corrected chi connectivity index (χ1v) is 4.27. The molecule has 0 saturated heterocycles. The molecule has 2 N–H and O–H groups in total. The molecule has 5 nitrogen and oxygen atoms in total. The van der Waals surface area contributed by atoms with Gasteiger partial charge in [0.1, 0.15) is 0 Å². The lowest BCUT2D eigenvalue weighted by Gasteiger charge is -2.00. The fourth-order valence-electron chi connectivity index (χ4n) is 0.892. The molecule has 1 aromatic heterocycles. The van der Waals surface area contributed by atoms with E-state index >= 15 is 0 Å². The lowest BCUT2D eigenvalue weighted by atomic mass is 10.4. The molecule has 1 heterocycles. The van der Waals surface area contributed by atoms with Crippen LogP contribution in [-0.4, -0.2) is 24.2 Å². The molecule has 76 valence electrons. The van der Waals surface area contributed by atoms with Crippen molar-refractivity contribution < 1.29 is 9.32 Å². The van der Waals surface area contributed by atoms with E-state index < -0.39 is 0 Å². The van der Waals surface area contributed by atoms with Crippen molar-refractivity contribution in [1.82, 2.24) is 10.5 Å². The maximum Gasteiger partial charge on any atom is 0.240 e. The fraction of sp³-hybridized carbons (Fsp3) is 0.333. The predicted octanol–water partition coefficient (Wildman–Crippen LogP) is 0.697. The molecule has 1 aromatic rings. The van der Waals surface area contributed by atoms with Crippen LogP contribution < -0.4 is 10.6 Å². The molecule has 0 fully saturated rings. The standard InChI is InChI=1S/C9H13N3O2/c1-3-4-10-6-8(13)11-9-5-7(2)12-14-9/h3,5,10H,1,4,6H2,2H3,(H,11,13). The van der Waals surface area contributed by atoms with Crippen LogP contribution in [0.3, 0.4) is 0 Å². The van der Waals surface area contributed by atoms with Crippen molar-refractivity contribution in [3.8, 4) is 0 Å². The van der Waals surface area contributed by atoms with Gasteiger partial charge < -0.3 is 9.84 Å². The first kappa shape index (κ1) is 10.5. The molecular weight excluding hydrogens is 182 g/mol. The molecule has 1 rings (SSSR count). The number of anilines is 1. The Bertz CT molecular complexity index is 320. The Labute approximate surface area is 82.2 Å². The summed E-state index contributed by atoms with van der Waals surface area (Å²) in [6, 6.07) is 1.66. The second-order valence-corrected chi connectivity index (χ2v) is 2.80. The van der Waals surface area contributed by atoms with Gasteiger partial charge >= 0.3 is 0 Å². The van der Waals surface area contributed by atoms with Gasteiger partial charge in [-0.05, 0) is 6.92 Å². The zero-order valence-electron chi connectivity index (χ0n) is 8.04. The predicted molar refractivity (Wildman–Crippen MR) is 52.9 cm³/mol. The molecule has 5 heteroatoms. The summed E-state index contributed by atoms with van der Waals surface area (Å²) in [5, 5.41) is 9.07. The molecule has 0 bridgehead atoms. The van der Waals surface area contributed by atoms with Gasteiger partial charge in [-0.15, -0.1) is 6.58 Å². The van der Waals surface area contributed by atoms with Crippen molar-refractivity contribution in [2.24, 2.45) is 0 Å². The summed E-state index contributed by atoms with van der Waals surface area (Å²) in [6.07, 6.45) is 1.69. The molecule has 0 unspecified atom stereocenters. The molecule has 0 radical (unpaired) electrons. The highest BCUT2D eigenvalue weighted by atomic mass is 16.5. The number of carbonyl (C=O) groups excluding carboxylic acids is 1. The Morgan fingerprint density at radius 2 is 2.57 bits per heavy atom. The molecule has 1 amide bonds. The van der Waals surface area contributed by atoms with E-state index in [-0.39, 0.29) is 12.5 Å². The maximum atomic E-state index is 11.2. The minimum Gasteiger partial charge on any atom is -0.338 e. The Kier molecular flexibility index (Phi) is 3.87. The van der Waals surface area contributed by atoms with Crippen LogP contribution in [0.5, 0.6) is 0 Å². The Morgan fingerprint density at radius 1 is 1.79 bits per heavy atom. The first-order chi connectivity index (χ1) is 6.72. The molecule has 0 aliphatic carbocycles. The number of hydrogen-bond acceptors (Lipinski definition) is 4. The van der Waals surface area contributed by atoms with E-state index in [0.717, 1.165) is 5.69 Å². The third-order valence-corrected chi connectivity index (χ3v) is 1.46. The van der Waals surface area contributed by atoms with Crippen LogP contribution in [0.1, 0.15) is 5.69 Å². The number of nitrogens with one attached hydrogen (secondary N) is 2. The Balaban J connectivity index is 2.30. The van der Waals surface area contributed by atoms with Crippen LogP contribution in [0.25, 0.3) is 0 Å². The van der Waals surface area contributed by atoms with Crippen LogP contribution in [0.4, 0.5) is 5.88 Å². The van der Waals surface area contributed by atoms with E-state index in [9.17, 15) is 4.79 Å². The normalized spacial score (nSPS) is 9.79. The number of hydrogen-bond donors (Lipinski definition) is 2. The summed E-state index contributed by atoms with van der Waals surface area (Å²) in [5.74, 6) is 0.205. The second-order valence-electron chi connectivity index (χ2n) is 2.80. The van der Waals surface area contributed by atoms with Gasteiger partial charge in [0.25, 0.3) is 0 Å². The van der Waals surface area contributed by atoms with Crippen LogP contribution >= 0.6 is 0 Å². The summed E-state index contributed by atoms with van der Waals surface area (Å²) in [4.78, 5) is 11.2. The zero-order valence-corrected chi connectivity index (χ0v) is 8.04. The average Bonchev–Trinajstić information content (AvgIpc) is 2.52. The van der Waals surface area contributed by atoms with Gasteiger partial charge in [0.05, 0.1) is 12.2 Å². The Morgan fingerprint density at radius 3 is 3.14 bits per heavy atom. The highest BCUT2D eigenvalue weighted by molar-refractivity contribution is 5.90. The third-order valence-electron chi connectivity index (χ3n) is 1.46. The van der Waals surface area contributed by atoms with E-state index in [1.165, 1.54) is 0 Å². The zero-order chi connectivity index (χ0) is 10.4. The van der Waals surface area contributed by atoms with Crippen molar-refractivity contribution in [3.05, 3.63) is 24.4 Å². The second kappa shape index (κ2) is 5.18. The molecule has 0 atom stereocenters. The van der Waals surface area contributed by atoms with E-state index in [1.807, 2.05) is 0 Å². The van der Waals surface area contributed by atoms with Crippen LogP contribution in [-0.2, 0) is 4.79 Å². The average molecular weight is 195 g/mol. The SMILES string of the molecule is C=CCNCC(=O)Nc1cc(C)no1. The van der Waals surface area contributed by atoms with E-state index in [2.05, 4.69) is 22.4 Å². The summed E-state index contributed by atoms with van der Waals surface area (Å²) >= 11 is 0. The summed E-state index contributed by atoms with van der Waals surface area (Å²) < 4.78 is 4.81. The number of amides is 1. The molecule has 0 aliphatic heterocycles. The molecule has 0 aromatic carbocycles. The van der Waals surface area contributed by atoms with Crippen LogP contribution in [0.2, 0.25) is 0 Å². The van der Waals surface area contributed by atoms with Crippen LogP contribution in [0.15, 0.2) is 23.2 Å². The molecule has 0 aliphatic rings. The summed E-state index contributed by atoms with van der Waals surface area (Å²) in [7, 11) is 0. The lowest BCUT2D eigenvalue weighted by molar-refractivity contribution is -0.115. The smallest absolute Gasteiger partial charge is 0.240 e. The van der Waals surface area contributed by atoms with Gasteiger partial charge in [0, 0.05) is 12.6 Å². The molecule has 0 saturated carbocycles. The number of nitrogens with zero attached hydrogens (tertiary/aromatic N) is 1. The van der Waals surface area contributed by atoms with Crippen molar-refractivity contribution >= 4 is 11.8 Å². The van der Waals surface area contributed by atoms with Gasteiger partial charge in [-0.25, -0.2) is 0 Å². The van der Waals surface area contributed by atoms with Gasteiger partial charge in [0.2, 0.25) is 11.8 Å². The van der Waals surface area contributed by atoms with E-state index in [0.29, 0.717) is 12.4 Å². The monoisotopic (exact) mass is 195 g/mol. The van der Waals surface area contributed by atoms with Crippen molar-refractivity contribution in [2.75, 3.05) is 18.4 Å². The number of aryl methyl sites for hydroxylation is 1. The highest BCUT2D eigenvalue weighted by Gasteiger charge is 2.04. The van der Waals surface area contributed by atoms with Crippen molar-refractivity contribution in [2.45, 2.75) is 6.92 Å². The molecule has 14 heavy (non-hydrogen) atoms. The third kappa shape index (κ3) is 3.40. The topological polar surface area (TPSA) is 67.2 Å². The van der Waals surface area contributed by atoms with Gasteiger partial charge in [-0.2, -0.15) is 0 Å². The van der Waals surface area contributed by atoms with Crippen LogP contribution in [0, 0.1) is 6.92 Å². The van der Waals surface area contributed by atoms with E-state index in [4.69, 9.17) is 4.52 Å². The lowest BCUT2D eigenvalue weighted by Crippen LogP contribution is -2.27. The van der Waals surface area contributed by atoms with Gasteiger partial charge in [-0.1, -0.05) is 11.2 Å². The number of rotatable bonds is 5. The van der Waals surface area contributed by atoms with Crippen molar-refractivity contribution in [3.63, 3.8) is 0 Å². The number of aromatic nitrogens is 1. The highest BCUT2D eigenvalue weighted by Crippen LogP contribution is 2.07. The Hall–Kier alpha value is -1.62. The fourth-order valence-corrected chi connectivity index (χ4v) is 0.892. The quantitative estimate of drug-likeness (QED) is 0.536. The van der Waals surface area contributed by atoms with Crippen molar-refractivity contribution in [1.29, 1.82) is 0 Å². The number of carbonyl (C=O) groups is 1. The van der Waals surface area contributed by atoms with Gasteiger partial charge in [0.15, 0.2) is 0 Å². The molecular formula is C9H13N3O2. The minimum absolute atomic E-state index is 0.164.